The highest BCUT2D eigenvalue weighted by Crippen LogP contribution is 2.22. The van der Waals surface area contributed by atoms with Crippen LogP contribution in [-0.4, -0.2) is 69.4 Å². The van der Waals surface area contributed by atoms with Crippen molar-refractivity contribution in [2.75, 3.05) is 38.5 Å². The number of hydrogen-bond acceptors (Lipinski definition) is 8. The topological polar surface area (TPSA) is 127 Å². The largest absolute Gasteiger partial charge is 0.382 e. The van der Waals surface area contributed by atoms with Crippen LogP contribution < -0.4 is 4.18 Å². The van der Waals surface area contributed by atoms with Crippen molar-refractivity contribution in [2.45, 2.75) is 4.90 Å². The summed E-state index contributed by atoms with van der Waals surface area (Å²) in [4.78, 5) is 12.0. The van der Waals surface area contributed by atoms with Crippen molar-refractivity contribution >= 4 is 25.8 Å². The highest BCUT2D eigenvalue weighted by Gasteiger charge is 2.30. The highest BCUT2D eigenvalue weighted by molar-refractivity contribution is 7.89. The third-order valence-electron chi connectivity index (χ3n) is 4.62. The predicted octanol–water partition coefficient (Wildman–Crippen LogP) is 1.31. The molecule has 1 saturated heterocycles. The van der Waals surface area contributed by atoms with E-state index in [9.17, 15) is 26.9 Å². The van der Waals surface area contributed by atoms with Crippen LogP contribution in [0.3, 0.4) is 0 Å². The van der Waals surface area contributed by atoms with Gasteiger partial charge in [0.15, 0.2) is 0 Å². The number of nitrogens with zero attached hydrogens (tertiary/aromatic N) is 3. The Hall–Kier alpha value is -2.54. The summed E-state index contributed by atoms with van der Waals surface area (Å²) < 4.78 is 56.1. The van der Waals surface area contributed by atoms with E-state index in [0.29, 0.717) is 13.1 Å². The molecule has 0 amide bonds. The molecule has 1 aliphatic rings. The number of nitro benzene ring substituents is 1. The molecule has 0 aromatic heterocycles. The van der Waals surface area contributed by atoms with Crippen molar-refractivity contribution < 1.29 is 25.9 Å². The zero-order chi connectivity index (χ0) is 21.8. The maximum Gasteiger partial charge on any atom is 0.310 e. The molecule has 1 aliphatic heterocycles. The van der Waals surface area contributed by atoms with Gasteiger partial charge in [0.25, 0.3) is 5.69 Å². The Kier molecular flexibility index (Phi) is 6.71. The van der Waals surface area contributed by atoms with Crippen LogP contribution in [0.15, 0.2) is 59.5 Å². The minimum absolute atomic E-state index is 0.135. The van der Waals surface area contributed by atoms with E-state index >= 15 is 0 Å². The molecule has 1 fully saturated rings. The molecule has 0 N–H and O–H groups in total. The van der Waals surface area contributed by atoms with Crippen LogP contribution in [0.1, 0.15) is 0 Å². The number of rotatable bonds is 8. The van der Waals surface area contributed by atoms with Crippen molar-refractivity contribution in [1.29, 1.82) is 0 Å². The van der Waals surface area contributed by atoms with E-state index in [1.807, 2.05) is 4.90 Å². The number of sulfonamides is 1. The number of hydrogen-bond donors (Lipinski definition) is 0. The van der Waals surface area contributed by atoms with Gasteiger partial charge in [0.05, 0.1) is 15.6 Å². The molecule has 30 heavy (non-hydrogen) atoms. The monoisotopic (exact) mass is 455 g/mol. The summed E-state index contributed by atoms with van der Waals surface area (Å²) in [6, 6.07) is 13.1. The van der Waals surface area contributed by atoms with Crippen molar-refractivity contribution in [3.8, 4) is 5.75 Å². The highest BCUT2D eigenvalue weighted by atomic mass is 32.2. The summed E-state index contributed by atoms with van der Waals surface area (Å²) >= 11 is 0. The summed E-state index contributed by atoms with van der Waals surface area (Å²) in [5, 5.41) is 10.9. The lowest BCUT2D eigenvalue weighted by Crippen LogP contribution is -2.49. The Balaban J connectivity index is 1.55. The number of non-ortho nitro benzene ring substituents is 1. The van der Waals surface area contributed by atoms with Crippen LogP contribution >= 0.6 is 0 Å². The summed E-state index contributed by atoms with van der Waals surface area (Å²) in [5.74, 6) is 0.0184. The van der Waals surface area contributed by atoms with Crippen LogP contribution in [0.4, 0.5) is 5.69 Å². The van der Waals surface area contributed by atoms with Crippen LogP contribution in [0, 0.1) is 10.1 Å². The van der Waals surface area contributed by atoms with Crippen molar-refractivity contribution in [3.05, 3.63) is 64.7 Å². The van der Waals surface area contributed by atoms with Gasteiger partial charge in [-0.05, 0) is 18.2 Å². The van der Waals surface area contributed by atoms with Crippen LogP contribution in [0.5, 0.6) is 5.75 Å². The van der Waals surface area contributed by atoms with Gasteiger partial charge in [-0.15, -0.1) is 0 Å². The molecule has 0 atom stereocenters. The number of para-hydroxylation sites is 1. The lowest BCUT2D eigenvalue weighted by atomic mass is 10.3. The normalized spacial score (nSPS) is 16.3. The molecular weight excluding hydrogens is 434 g/mol. The first-order valence-corrected chi connectivity index (χ1v) is 12.1. The van der Waals surface area contributed by atoms with Crippen molar-refractivity contribution in [1.82, 2.24) is 9.21 Å². The number of nitro groups is 1. The number of benzene rings is 2. The first-order valence-electron chi connectivity index (χ1n) is 9.11. The van der Waals surface area contributed by atoms with Crippen LogP contribution in [0.25, 0.3) is 0 Å². The van der Waals surface area contributed by atoms with E-state index in [2.05, 4.69) is 0 Å². The summed E-state index contributed by atoms with van der Waals surface area (Å²) in [6.07, 6.45) is 0. The lowest BCUT2D eigenvalue weighted by molar-refractivity contribution is -0.385. The van der Waals surface area contributed by atoms with Crippen LogP contribution in [0.2, 0.25) is 0 Å². The third-order valence-corrected chi connectivity index (χ3v) is 7.64. The molecule has 0 bridgehead atoms. The number of piperazine rings is 1. The average molecular weight is 456 g/mol. The molecular formula is C18H21N3O7S2. The van der Waals surface area contributed by atoms with Gasteiger partial charge in [0.1, 0.15) is 5.75 Å². The van der Waals surface area contributed by atoms with Gasteiger partial charge in [-0.3, -0.25) is 15.0 Å². The second-order valence-electron chi connectivity index (χ2n) is 6.66. The molecule has 2 aromatic rings. The van der Waals surface area contributed by atoms with Gasteiger partial charge in [0.2, 0.25) is 10.0 Å². The first kappa shape index (κ1) is 22.2. The molecule has 3 rings (SSSR count). The SMILES string of the molecule is O=[N+]([O-])c1cccc(S(=O)(=O)N2CCN(CCS(=O)(=O)Oc3ccccc3)CC2)c1. The van der Waals surface area contributed by atoms with Gasteiger partial charge in [0, 0.05) is 44.9 Å². The van der Waals surface area contributed by atoms with Gasteiger partial charge in [-0.2, -0.15) is 12.7 Å². The molecule has 12 heteroatoms. The van der Waals surface area contributed by atoms with E-state index in [1.165, 1.54) is 22.5 Å². The Morgan fingerprint density at radius 1 is 0.933 bits per heavy atom. The Morgan fingerprint density at radius 2 is 1.60 bits per heavy atom. The molecule has 0 radical (unpaired) electrons. The molecule has 0 saturated carbocycles. The predicted molar refractivity (Wildman–Crippen MR) is 109 cm³/mol. The Bertz CT molecular complexity index is 1100. The minimum Gasteiger partial charge on any atom is -0.382 e. The zero-order valence-electron chi connectivity index (χ0n) is 16.0. The molecule has 2 aromatic carbocycles. The maximum absolute atomic E-state index is 12.8. The Morgan fingerprint density at radius 3 is 2.23 bits per heavy atom. The smallest absolute Gasteiger partial charge is 0.310 e. The third kappa shape index (κ3) is 5.53. The summed E-state index contributed by atoms with van der Waals surface area (Å²) in [7, 11) is -7.64. The maximum atomic E-state index is 12.8. The fourth-order valence-electron chi connectivity index (χ4n) is 3.01. The second kappa shape index (κ2) is 9.08. The molecule has 0 aliphatic carbocycles. The fourth-order valence-corrected chi connectivity index (χ4v) is 5.44. The zero-order valence-corrected chi connectivity index (χ0v) is 17.6. The van der Waals surface area contributed by atoms with Crippen molar-refractivity contribution in [2.24, 2.45) is 0 Å². The van der Waals surface area contributed by atoms with Gasteiger partial charge < -0.3 is 4.18 Å². The molecule has 0 unspecified atom stereocenters. The fraction of sp³-hybridized carbons (Fsp3) is 0.333. The van der Waals surface area contributed by atoms with Gasteiger partial charge in [-0.25, -0.2) is 8.42 Å². The molecule has 10 nitrogen and oxygen atoms in total. The Labute approximate surface area is 175 Å². The van der Waals surface area contributed by atoms with Crippen LogP contribution in [-0.2, 0) is 20.1 Å². The second-order valence-corrected chi connectivity index (χ2v) is 10.3. The molecule has 162 valence electrons. The van der Waals surface area contributed by atoms with Gasteiger partial charge >= 0.3 is 10.1 Å². The quantitative estimate of drug-likeness (QED) is 0.331. The van der Waals surface area contributed by atoms with E-state index in [0.717, 1.165) is 6.07 Å². The van der Waals surface area contributed by atoms with E-state index in [1.54, 1.807) is 30.3 Å². The standard InChI is InChI=1S/C18H21N3O7S2/c22-21(23)16-5-4-8-18(15-16)30(26,27)20-11-9-19(10-12-20)13-14-29(24,25)28-17-6-2-1-3-7-17/h1-8,15H,9-14H2. The lowest BCUT2D eigenvalue weighted by Gasteiger charge is -2.33. The summed E-state index contributed by atoms with van der Waals surface area (Å²) in [5.41, 5.74) is -0.293. The average Bonchev–Trinajstić information content (AvgIpc) is 2.73. The first-order chi connectivity index (χ1) is 14.2. The van der Waals surface area contributed by atoms with Gasteiger partial charge in [-0.1, -0.05) is 24.3 Å². The van der Waals surface area contributed by atoms with E-state index < -0.39 is 25.1 Å². The van der Waals surface area contributed by atoms with Crippen molar-refractivity contribution in [3.63, 3.8) is 0 Å². The summed E-state index contributed by atoms with van der Waals surface area (Å²) in [6.45, 7) is 1.21. The van der Waals surface area contributed by atoms with E-state index in [4.69, 9.17) is 4.18 Å². The molecule has 0 spiro atoms. The van der Waals surface area contributed by atoms with E-state index in [-0.39, 0.29) is 41.7 Å². The molecule has 1 heterocycles. The minimum atomic E-state index is -3.87.